The standard InChI is InChI=1S/C33H46F2N4O6/c1-33(2,3)45-32(42)39-20-10-13-25-15-16-26(36-29(25)39)14-8-9-19-38(22-18-28(34)35)21-17-27(30(40)43-4)37-31(41)44-23-24-11-6-5-7-12-24/h5-7,11-12,15-16,27-28H,8-10,13-14,17-23H2,1-4H3,(H,37,41). The van der Waals surface area contributed by atoms with Gasteiger partial charge in [0.15, 0.2) is 0 Å². The molecule has 0 aliphatic carbocycles. The summed E-state index contributed by atoms with van der Waals surface area (Å²) in [5.41, 5.74) is 2.03. The molecule has 10 nitrogen and oxygen atoms in total. The Morgan fingerprint density at radius 3 is 2.44 bits per heavy atom. The second-order valence-corrected chi connectivity index (χ2v) is 12.1. The maximum Gasteiger partial charge on any atom is 0.416 e. The van der Waals surface area contributed by atoms with E-state index in [1.165, 1.54) is 7.11 Å². The number of ether oxygens (including phenoxy) is 3. The predicted octanol–water partition coefficient (Wildman–Crippen LogP) is 5.91. The molecule has 1 aliphatic heterocycles. The molecule has 1 aromatic carbocycles. The summed E-state index contributed by atoms with van der Waals surface area (Å²) in [5.74, 6) is -0.00501. The zero-order valence-corrected chi connectivity index (χ0v) is 26.7. The fourth-order valence-electron chi connectivity index (χ4n) is 4.98. The number of esters is 1. The molecule has 1 atom stereocenters. The summed E-state index contributed by atoms with van der Waals surface area (Å²) >= 11 is 0. The second kappa shape index (κ2) is 17.6. The summed E-state index contributed by atoms with van der Waals surface area (Å²) in [6.45, 7) is 7.04. The Labute approximate surface area is 264 Å². The summed E-state index contributed by atoms with van der Waals surface area (Å²) in [7, 11) is 1.22. The number of alkyl halides is 2. The van der Waals surface area contributed by atoms with Crippen LogP contribution in [0.3, 0.4) is 0 Å². The smallest absolute Gasteiger partial charge is 0.416 e. The molecule has 1 unspecified atom stereocenters. The Kier molecular flexibility index (Phi) is 14.0. The third-order valence-corrected chi connectivity index (χ3v) is 7.26. The van der Waals surface area contributed by atoms with Crippen LogP contribution in [0, 0.1) is 0 Å². The van der Waals surface area contributed by atoms with Crippen LogP contribution in [0.4, 0.5) is 24.2 Å². The topological polar surface area (TPSA) is 110 Å². The number of fused-ring (bicyclic) bond motifs is 1. The molecule has 12 heteroatoms. The van der Waals surface area contributed by atoms with Gasteiger partial charge in [0.25, 0.3) is 0 Å². The number of halogens is 2. The van der Waals surface area contributed by atoms with Gasteiger partial charge in [-0.25, -0.2) is 28.1 Å². The molecule has 45 heavy (non-hydrogen) atoms. The summed E-state index contributed by atoms with van der Waals surface area (Å²) in [4.78, 5) is 45.8. The van der Waals surface area contributed by atoms with Gasteiger partial charge in [0.05, 0.1) is 7.11 Å². The molecule has 1 aromatic heterocycles. The van der Waals surface area contributed by atoms with E-state index in [0.29, 0.717) is 38.3 Å². The first-order valence-corrected chi connectivity index (χ1v) is 15.5. The highest BCUT2D eigenvalue weighted by Crippen LogP contribution is 2.27. The van der Waals surface area contributed by atoms with Gasteiger partial charge >= 0.3 is 18.2 Å². The number of benzene rings is 1. The van der Waals surface area contributed by atoms with Crippen LogP contribution >= 0.6 is 0 Å². The van der Waals surface area contributed by atoms with Crippen molar-refractivity contribution in [3.63, 3.8) is 0 Å². The molecule has 0 saturated carbocycles. The predicted molar refractivity (Wildman–Crippen MR) is 166 cm³/mol. The van der Waals surface area contributed by atoms with Crippen molar-refractivity contribution >= 4 is 24.0 Å². The first-order chi connectivity index (χ1) is 21.4. The number of carbonyl (C=O) groups excluding carboxylic acids is 3. The molecule has 2 amide bonds. The van der Waals surface area contributed by atoms with E-state index in [9.17, 15) is 23.2 Å². The van der Waals surface area contributed by atoms with E-state index >= 15 is 0 Å². The number of aromatic nitrogens is 1. The van der Waals surface area contributed by atoms with Crippen molar-refractivity contribution in [1.29, 1.82) is 0 Å². The molecule has 3 rings (SSSR count). The van der Waals surface area contributed by atoms with Crippen molar-refractivity contribution in [1.82, 2.24) is 15.2 Å². The molecule has 0 bridgehead atoms. The molecular weight excluding hydrogens is 586 g/mol. The van der Waals surface area contributed by atoms with Crippen LogP contribution in [0.25, 0.3) is 0 Å². The van der Waals surface area contributed by atoms with Gasteiger partial charge in [0, 0.05) is 31.7 Å². The quantitative estimate of drug-likeness (QED) is 0.147. The van der Waals surface area contributed by atoms with Gasteiger partial charge < -0.3 is 24.4 Å². The average Bonchev–Trinajstić information content (AvgIpc) is 3.01. The van der Waals surface area contributed by atoms with Crippen molar-refractivity contribution in [3.8, 4) is 0 Å². The average molecular weight is 633 g/mol. The lowest BCUT2D eigenvalue weighted by Crippen LogP contribution is -2.44. The van der Waals surface area contributed by atoms with Crippen LogP contribution in [0.5, 0.6) is 0 Å². The Balaban J connectivity index is 1.53. The van der Waals surface area contributed by atoms with Crippen LogP contribution in [0.1, 0.15) is 69.7 Å². The molecule has 0 radical (unpaired) electrons. The Morgan fingerprint density at radius 2 is 1.76 bits per heavy atom. The number of pyridine rings is 1. The zero-order valence-electron chi connectivity index (χ0n) is 26.7. The minimum Gasteiger partial charge on any atom is -0.467 e. The van der Waals surface area contributed by atoms with E-state index in [1.54, 1.807) is 4.90 Å². The largest absolute Gasteiger partial charge is 0.467 e. The molecule has 248 valence electrons. The Morgan fingerprint density at radius 1 is 1.02 bits per heavy atom. The van der Waals surface area contributed by atoms with Crippen molar-refractivity contribution in [2.24, 2.45) is 0 Å². The van der Waals surface area contributed by atoms with Gasteiger partial charge in [0.1, 0.15) is 24.1 Å². The highest BCUT2D eigenvalue weighted by Gasteiger charge is 2.29. The van der Waals surface area contributed by atoms with E-state index in [2.05, 4.69) is 5.32 Å². The number of nitrogens with one attached hydrogen (secondary N) is 1. The van der Waals surface area contributed by atoms with E-state index in [1.807, 2.05) is 68.1 Å². The summed E-state index contributed by atoms with van der Waals surface area (Å²) in [5, 5.41) is 2.54. The van der Waals surface area contributed by atoms with E-state index in [-0.39, 0.29) is 26.0 Å². The molecule has 0 spiro atoms. The third-order valence-electron chi connectivity index (χ3n) is 7.26. The van der Waals surface area contributed by atoms with Gasteiger partial charge in [-0.3, -0.25) is 4.90 Å². The van der Waals surface area contributed by atoms with Gasteiger partial charge in [0.2, 0.25) is 6.43 Å². The Hall–Kier alpha value is -3.80. The van der Waals surface area contributed by atoms with Crippen molar-refractivity contribution in [2.75, 3.05) is 38.2 Å². The van der Waals surface area contributed by atoms with Gasteiger partial charge in [-0.2, -0.15) is 0 Å². The summed E-state index contributed by atoms with van der Waals surface area (Å²) in [6, 6.07) is 12.1. The fraction of sp³-hybridized carbons (Fsp3) is 0.576. The number of unbranched alkanes of at least 4 members (excludes halogenated alkanes) is 1. The minimum absolute atomic E-state index is 0.0409. The van der Waals surface area contributed by atoms with Gasteiger partial charge in [-0.1, -0.05) is 36.4 Å². The number of aryl methyl sites for hydroxylation is 2. The van der Waals surface area contributed by atoms with Crippen LogP contribution in [-0.4, -0.2) is 79.4 Å². The second-order valence-electron chi connectivity index (χ2n) is 12.1. The van der Waals surface area contributed by atoms with Crippen molar-refractivity contribution < 1.29 is 37.4 Å². The lowest BCUT2D eigenvalue weighted by molar-refractivity contribution is -0.143. The first-order valence-electron chi connectivity index (χ1n) is 15.5. The van der Waals surface area contributed by atoms with Crippen LogP contribution in [0.2, 0.25) is 0 Å². The lowest BCUT2D eigenvalue weighted by Gasteiger charge is -2.31. The fourth-order valence-corrected chi connectivity index (χ4v) is 4.98. The highest BCUT2D eigenvalue weighted by molar-refractivity contribution is 5.88. The molecular formula is C33H46F2N4O6. The monoisotopic (exact) mass is 632 g/mol. The number of anilines is 1. The molecule has 2 heterocycles. The minimum atomic E-state index is -2.46. The van der Waals surface area contributed by atoms with Gasteiger partial charge in [-0.05, 0) is 83.0 Å². The summed E-state index contributed by atoms with van der Waals surface area (Å²) < 4.78 is 41.8. The van der Waals surface area contributed by atoms with E-state index < -0.39 is 36.2 Å². The number of hydrogen-bond acceptors (Lipinski definition) is 8. The number of carbonyl (C=O) groups is 3. The van der Waals surface area contributed by atoms with Gasteiger partial charge in [-0.15, -0.1) is 0 Å². The number of amides is 2. The van der Waals surface area contributed by atoms with Crippen molar-refractivity contribution in [3.05, 3.63) is 59.3 Å². The molecule has 2 aromatic rings. The summed E-state index contributed by atoms with van der Waals surface area (Å²) in [6.07, 6.45) is 0.00583. The highest BCUT2D eigenvalue weighted by atomic mass is 19.3. The molecule has 1 aliphatic rings. The molecule has 0 saturated heterocycles. The zero-order chi connectivity index (χ0) is 32.8. The molecule has 1 N–H and O–H groups in total. The lowest BCUT2D eigenvalue weighted by atomic mass is 10.0. The maximum absolute atomic E-state index is 13.1. The van der Waals surface area contributed by atoms with Crippen LogP contribution < -0.4 is 10.2 Å². The van der Waals surface area contributed by atoms with Crippen LogP contribution in [-0.2, 0) is 38.5 Å². The third kappa shape index (κ3) is 12.6. The first kappa shape index (κ1) is 35.7. The number of alkyl carbamates (subject to hydrolysis) is 1. The van der Waals surface area contributed by atoms with Crippen molar-refractivity contribution in [2.45, 2.75) is 90.4 Å². The Bertz CT molecular complexity index is 1240. The number of nitrogens with zero attached hydrogens (tertiary/aromatic N) is 3. The maximum atomic E-state index is 13.1. The number of hydrogen-bond donors (Lipinski definition) is 1. The SMILES string of the molecule is COC(=O)C(CCN(CCCCc1ccc2c(n1)N(C(=O)OC(C)(C)C)CCC2)CCC(F)F)NC(=O)OCc1ccccc1. The number of methoxy groups -OCH3 is 1. The van der Waals surface area contributed by atoms with E-state index in [0.717, 1.165) is 36.1 Å². The number of rotatable bonds is 15. The van der Waals surface area contributed by atoms with Crippen LogP contribution in [0.15, 0.2) is 42.5 Å². The normalized spacial score (nSPS) is 13.7. The van der Waals surface area contributed by atoms with E-state index in [4.69, 9.17) is 19.2 Å². The molecule has 0 fully saturated rings.